The summed E-state index contributed by atoms with van der Waals surface area (Å²) in [6.07, 6.45) is 10.9. The monoisotopic (exact) mass is 523 g/mol. The first-order valence-electron chi connectivity index (χ1n) is 14.0. The molecule has 1 atom stereocenters. The molecule has 0 aliphatic carbocycles. The lowest BCUT2D eigenvalue weighted by Crippen LogP contribution is -2.16. The van der Waals surface area contributed by atoms with Crippen LogP contribution in [0.1, 0.15) is 95.2 Å². The number of aromatic amines is 1. The van der Waals surface area contributed by atoms with Crippen LogP contribution < -0.4 is 16.3 Å². The maximum atomic E-state index is 10.8. The minimum atomic E-state index is -0.0185. The standard InChI is InChI=1S/C15H23N.C6H10N2O.C3H8.C2H7N.3C2H6/c1-7-9-12(3)11-16-15(6)10-14(5)13(4)8-2;1-3-8-5(2)4-7-6(8)9;2*1-3-2;3*1-2/h7-10,14,16H,2-4,11H2,1,5-6H3;4H,3H2,1-2H3,(H,7,9);3H2,1-2H3;3H,1-2H3;3*1-2H3/b9-7-,15-10+;;;;;;. The normalized spacial score (nSPS) is 9.76. The third kappa shape index (κ3) is 35.7. The fraction of sp³-hybridized carbons (Fsp3) is 0.594. The maximum Gasteiger partial charge on any atom is 0.325 e. The number of nitrogens with one attached hydrogen (secondary N) is 3. The third-order valence-electron chi connectivity index (χ3n) is 3.74. The summed E-state index contributed by atoms with van der Waals surface area (Å²) in [4.78, 5) is 13.4. The molecule has 1 aromatic rings. The second kappa shape index (κ2) is 40.6. The Hall–Kier alpha value is -2.53. The van der Waals surface area contributed by atoms with Crippen LogP contribution in [0, 0.1) is 12.8 Å². The Morgan fingerprint density at radius 1 is 1.08 bits per heavy atom. The van der Waals surface area contributed by atoms with E-state index in [1.807, 2.05) is 88.6 Å². The number of aromatic nitrogens is 2. The minimum absolute atomic E-state index is 0.0185. The van der Waals surface area contributed by atoms with E-state index >= 15 is 0 Å². The Labute approximate surface area is 233 Å². The number of imidazole rings is 1. The number of rotatable bonds is 8. The quantitative estimate of drug-likeness (QED) is 0.299. The number of nitrogens with zero attached hydrogens (tertiary/aromatic N) is 1. The maximum absolute atomic E-state index is 10.8. The van der Waals surface area contributed by atoms with Gasteiger partial charge in [-0.25, -0.2) is 4.79 Å². The van der Waals surface area contributed by atoms with Gasteiger partial charge in [-0.05, 0) is 52.9 Å². The van der Waals surface area contributed by atoms with Crippen LogP contribution in [-0.4, -0.2) is 30.2 Å². The van der Waals surface area contributed by atoms with Gasteiger partial charge in [-0.15, -0.1) is 0 Å². The van der Waals surface area contributed by atoms with Crippen molar-refractivity contribution in [3.63, 3.8) is 0 Å². The van der Waals surface area contributed by atoms with Gasteiger partial charge in [0.2, 0.25) is 0 Å². The Bertz CT molecular complexity index is 719. The summed E-state index contributed by atoms with van der Waals surface area (Å²) in [5, 5.41) is 6.06. The molecule has 1 unspecified atom stereocenters. The summed E-state index contributed by atoms with van der Waals surface area (Å²) in [6.45, 7) is 39.4. The van der Waals surface area contributed by atoms with Crippen molar-refractivity contribution in [3.05, 3.63) is 83.3 Å². The van der Waals surface area contributed by atoms with Gasteiger partial charge in [0.1, 0.15) is 0 Å². The van der Waals surface area contributed by atoms with Crippen molar-refractivity contribution >= 4 is 0 Å². The Morgan fingerprint density at radius 2 is 1.51 bits per heavy atom. The van der Waals surface area contributed by atoms with Crippen LogP contribution in [-0.2, 0) is 6.54 Å². The van der Waals surface area contributed by atoms with Crippen LogP contribution >= 0.6 is 0 Å². The first kappa shape index (κ1) is 47.6. The molecule has 0 aliphatic rings. The number of hydrogen-bond donors (Lipinski definition) is 3. The molecule has 5 heteroatoms. The Kier molecular flexibility index (Phi) is 52.3. The van der Waals surface area contributed by atoms with Gasteiger partial charge in [0.15, 0.2) is 0 Å². The van der Waals surface area contributed by atoms with E-state index < -0.39 is 0 Å². The average molecular weight is 523 g/mol. The van der Waals surface area contributed by atoms with Crippen molar-refractivity contribution in [2.24, 2.45) is 5.92 Å². The zero-order valence-electron chi connectivity index (χ0n) is 27.6. The van der Waals surface area contributed by atoms with Crippen LogP contribution in [0.25, 0.3) is 0 Å². The molecule has 37 heavy (non-hydrogen) atoms. The molecule has 1 aromatic heterocycles. The highest BCUT2D eigenvalue weighted by molar-refractivity contribution is 5.22. The number of aryl methyl sites for hydroxylation is 1. The summed E-state index contributed by atoms with van der Waals surface area (Å²) in [7, 11) is 3.75. The predicted octanol–water partition coefficient (Wildman–Crippen LogP) is 8.83. The summed E-state index contributed by atoms with van der Waals surface area (Å²) in [5.41, 5.74) is 4.22. The largest absolute Gasteiger partial charge is 0.385 e. The third-order valence-corrected chi connectivity index (χ3v) is 3.74. The van der Waals surface area contributed by atoms with Crippen molar-refractivity contribution in [1.29, 1.82) is 0 Å². The van der Waals surface area contributed by atoms with Crippen LogP contribution in [0.3, 0.4) is 0 Å². The molecule has 5 nitrogen and oxygen atoms in total. The molecule has 0 bridgehead atoms. The van der Waals surface area contributed by atoms with Crippen molar-refractivity contribution in [1.82, 2.24) is 20.2 Å². The average Bonchev–Trinajstić information content (AvgIpc) is 3.24. The SMILES string of the molecule is C=CC(=C)C(C)/C=C(\C)NCC(=C)/C=C\C.CC.CC.CC.CCC.CCn1c(C)c[nH]c1=O.CNC. The molecule has 0 saturated heterocycles. The molecule has 0 aromatic carbocycles. The summed E-state index contributed by atoms with van der Waals surface area (Å²) >= 11 is 0. The molecule has 0 saturated carbocycles. The van der Waals surface area contributed by atoms with Crippen LogP contribution in [0.2, 0.25) is 0 Å². The Morgan fingerprint density at radius 3 is 1.78 bits per heavy atom. The van der Waals surface area contributed by atoms with E-state index in [1.165, 1.54) is 6.42 Å². The second-order valence-electron chi connectivity index (χ2n) is 7.12. The first-order valence-corrected chi connectivity index (χ1v) is 14.0. The van der Waals surface area contributed by atoms with E-state index in [9.17, 15) is 4.79 Å². The van der Waals surface area contributed by atoms with Crippen LogP contribution in [0.4, 0.5) is 0 Å². The van der Waals surface area contributed by atoms with Crippen LogP contribution in [0.15, 0.2) is 71.9 Å². The van der Waals surface area contributed by atoms with Crippen molar-refractivity contribution < 1.29 is 0 Å². The van der Waals surface area contributed by atoms with Gasteiger partial charge in [0.05, 0.1) is 0 Å². The fourth-order valence-electron chi connectivity index (χ4n) is 2.15. The van der Waals surface area contributed by atoms with Crippen molar-refractivity contribution in [2.45, 2.75) is 103 Å². The molecule has 0 fully saturated rings. The lowest BCUT2D eigenvalue weighted by molar-refractivity contribution is 0.708. The summed E-state index contributed by atoms with van der Waals surface area (Å²) < 4.78 is 1.68. The fourth-order valence-corrected chi connectivity index (χ4v) is 2.15. The predicted molar refractivity (Wildman–Crippen MR) is 175 cm³/mol. The zero-order valence-corrected chi connectivity index (χ0v) is 27.6. The number of allylic oxidation sites excluding steroid dienone is 5. The van der Waals surface area contributed by atoms with E-state index in [1.54, 1.807) is 16.8 Å². The molecule has 0 radical (unpaired) electrons. The van der Waals surface area contributed by atoms with Gasteiger partial charge in [0, 0.05) is 36.6 Å². The van der Waals surface area contributed by atoms with E-state index in [4.69, 9.17) is 0 Å². The van der Waals surface area contributed by atoms with Gasteiger partial charge in [0.25, 0.3) is 0 Å². The van der Waals surface area contributed by atoms with Crippen molar-refractivity contribution in [3.8, 4) is 0 Å². The van der Waals surface area contributed by atoms with Crippen LogP contribution in [0.5, 0.6) is 0 Å². The smallest absolute Gasteiger partial charge is 0.325 e. The first-order chi connectivity index (χ1) is 17.6. The van der Waals surface area contributed by atoms with Crippen molar-refractivity contribution in [2.75, 3.05) is 20.6 Å². The lowest BCUT2D eigenvalue weighted by Gasteiger charge is -2.11. The number of H-pyrrole nitrogens is 1. The molecule has 1 rings (SSSR count). The molecule has 3 N–H and O–H groups in total. The van der Waals surface area contributed by atoms with E-state index in [0.717, 1.165) is 35.6 Å². The molecule has 220 valence electrons. The highest BCUT2D eigenvalue weighted by Crippen LogP contribution is 2.12. The highest BCUT2D eigenvalue weighted by atomic mass is 16.1. The van der Waals surface area contributed by atoms with E-state index in [-0.39, 0.29) is 5.69 Å². The molecular weight excluding hydrogens is 456 g/mol. The van der Waals surface area contributed by atoms with Gasteiger partial charge in [-0.2, -0.15) is 0 Å². The molecular formula is C32H66N4O. The van der Waals surface area contributed by atoms with Gasteiger partial charge < -0.3 is 15.6 Å². The molecule has 0 amide bonds. The highest BCUT2D eigenvalue weighted by Gasteiger charge is 2.00. The van der Waals surface area contributed by atoms with E-state index in [2.05, 4.69) is 69.1 Å². The molecule has 0 aliphatic heterocycles. The second-order valence-corrected chi connectivity index (χ2v) is 7.12. The van der Waals surface area contributed by atoms with E-state index in [0.29, 0.717) is 5.92 Å². The summed E-state index contributed by atoms with van der Waals surface area (Å²) in [5.74, 6) is 0.319. The lowest BCUT2D eigenvalue weighted by atomic mass is 10.0. The van der Waals surface area contributed by atoms with Gasteiger partial charge in [-0.3, -0.25) is 4.57 Å². The van der Waals surface area contributed by atoms with Gasteiger partial charge >= 0.3 is 5.69 Å². The number of hydrogen-bond acceptors (Lipinski definition) is 3. The molecule has 1 heterocycles. The zero-order chi connectivity index (χ0) is 30.8. The molecule has 0 spiro atoms. The topological polar surface area (TPSA) is 61.9 Å². The van der Waals surface area contributed by atoms with Gasteiger partial charge in [-0.1, -0.05) is 113 Å². The minimum Gasteiger partial charge on any atom is -0.385 e. The Balaban J connectivity index is -0.0000000960. The summed E-state index contributed by atoms with van der Waals surface area (Å²) in [6, 6.07) is 0.